The van der Waals surface area contributed by atoms with Crippen LogP contribution in [0.15, 0.2) is 29.4 Å². The van der Waals surface area contributed by atoms with Crippen molar-refractivity contribution < 1.29 is 9.72 Å². The van der Waals surface area contributed by atoms with Gasteiger partial charge in [-0.25, -0.2) is 10.2 Å². The first-order chi connectivity index (χ1) is 7.11. The Morgan fingerprint density at radius 1 is 1.53 bits per heavy atom. The number of primary amides is 1. The molecule has 0 spiro atoms. The van der Waals surface area contributed by atoms with E-state index in [4.69, 9.17) is 5.73 Å². The van der Waals surface area contributed by atoms with Crippen molar-refractivity contribution in [1.29, 1.82) is 0 Å². The summed E-state index contributed by atoms with van der Waals surface area (Å²) in [6.07, 6.45) is 1.16. The number of para-hydroxylation sites is 1. The van der Waals surface area contributed by atoms with E-state index in [1.165, 1.54) is 18.2 Å². The van der Waals surface area contributed by atoms with E-state index in [9.17, 15) is 14.9 Å². The summed E-state index contributed by atoms with van der Waals surface area (Å²) in [5, 5.41) is 14.0. The van der Waals surface area contributed by atoms with Crippen LogP contribution < -0.4 is 11.2 Å². The first-order valence-electron chi connectivity index (χ1n) is 3.93. The number of nitrogens with two attached hydrogens (primary N) is 1. The Kier molecular flexibility index (Phi) is 3.33. The number of nitro groups is 1. The van der Waals surface area contributed by atoms with E-state index in [-0.39, 0.29) is 11.3 Å². The fourth-order valence-corrected chi connectivity index (χ4v) is 0.928. The van der Waals surface area contributed by atoms with E-state index in [0.29, 0.717) is 0 Å². The molecular formula is C8H8N4O3. The summed E-state index contributed by atoms with van der Waals surface area (Å²) in [7, 11) is 0. The second-order valence-electron chi connectivity index (χ2n) is 2.55. The lowest BCUT2D eigenvalue weighted by molar-refractivity contribution is -0.385. The Hall–Kier alpha value is -2.44. The van der Waals surface area contributed by atoms with E-state index in [2.05, 4.69) is 5.10 Å². The molecule has 0 aliphatic rings. The molecule has 0 aliphatic carbocycles. The smallest absolute Gasteiger partial charge is 0.332 e. The maximum absolute atomic E-state index is 10.6. The summed E-state index contributed by atoms with van der Waals surface area (Å²) >= 11 is 0. The van der Waals surface area contributed by atoms with Crippen LogP contribution >= 0.6 is 0 Å². The van der Waals surface area contributed by atoms with Crippen LogP contribution in [-0.2, 0) is 0 Å². The van der Waals surface area contributed by atoms with Gasteiger partial charge in [-0.05, 0) is 6.07 Å². The van der Waals surface area contributed by atoms with Gasteiger partial charge in [0, 0.05) is 6.07 Å². The van der Waals surface area contributed by atoms with Crippen molar-refractivity contribution in [1.82, 2.24) is 5.43 Å². The van der Waals surface area contributed by atoms with Crippen LogP contribution in [0.25, 0.3) is 0 Å². The highest BCUT2D eigenvalue weighted by Crippen LogP contribution is 2.14. The van der Waals surface area contributed by atoms with Gasteiger partial charge in [-0.15, -0.1) is 0 Å². The average molecular weight is 212 g/mol. The molecule has 0 saturated heterocycles. The number of benzene rings is 1. The number of hydrogen-bond donors (Lipinski definition) is 2. The molecule has 3 N–H and O–H groups in total. The fourth-order valence-electron chi connectivity index (χ4n) is 0.928. The highest BCUT2D eigenvalue weighted by molar-refractivity contribution is 5.86. The second kappa shape index (κ2) is 4.70. The number of hydrogen-bond acceptors (Lipinski definition) is 4. The van der Waals surface area contributed by atoms with Crippen molar-refractivity contribution >= 4 is 17.9 Å². The van der Waals surface area contributed by atoms with Crippen molar-refractivity contribution in [2.75, 3.05) is 0 Å². The molecule has 7 heteroatoms. The maximum atomic E-state index is 10.6. The second-order valence-corrected chi connectivity index (χ2v) is 2.55. The zero-order chi connectivity index (χ0) is 11.3. The zero-order valence-corrected chi connectivity index (χ0v) is 7.58. The summed E-state index contributed by atoms with van der Waals surface area (Å²) in [6, 6.07) is 5.18. The van der Waals surface area contributed by atoms with E-state index in [0.717, 1.165) is 6.21 Å². The van der Waals surface area contributed by atoms with Gasteiger partial charge in [0.1, 0.15) is 0 Å². The lowest BCUT2D eigenvalue weighted by Gasteiger charge is -1.95. The van der Waals surface area contributed by atoms with Gasteiger partial charge in [0.2, 0.25) is 0 Å². The van der Waals surface area contributed by atoms with Gasteiger partial charge in [0.05, 0.1) is 16.7 Å². The van der Waals surface area contributed by atoms with Gasteiger partial charge in [-0.1, -0.05) is 12.1 Å². The number of rotatable bonds is 3. The third kappa shape index (κ3) is 3.07. The fraction of sp³-hybridized carbons (Fsp3) is 0. The zero-order valence-electron chi connectivity index (χ0n) is 7.58. The predicted molar refractivity (Wildman–Crippen MR) is 53.4 cm³/mol. The molecule has 0 aliphatic heterocycles. The highest BCUT2D eigenvalue weighted by Gasteiger charge is 2.09. The molecule has 0 heterocycles. The molecule has 0 fully saturated rings. The molecule has 0 bridgehead atoms. The number of nitrogens with zero attached hydrogens (tertiary/aromatic N) is 2. The molecule has 1 rings (SSSR count). The Morgan fingerprint density at radius 2 is 2.20 bits per heavy atom. The Labute approximate surface area is 84.7 Å². The molecule has 78 valence electrons. The standard InChI is InChI=1S/C8H8N4O3/c9-8(13)11-10-5-6-3-1-2-4-7(6)12(14)15/h1-5H,(H3,9,11,13)/b10-5+/i5+1,9+1,10+1,11+1. The van der Waals surface area contributed by atoms with Gasteiger partial charge < -0.3 is 5.73 Å². The van der Waals surface area contributed by atoms with Crippen LogP contribution in [0, 0.1) is 10.1 Å². The van der Waals surface area contributed by atoms with Crippen LogP contribution in [0.1, 0.15) is 5.56 Å². The van der Waals surface area contributed by atoms with E-state index in [1.54, 1.807) is 6.07 Å². The summed E-state index contributed by atoms with van der Waals surface area (Å²) in [5.41, 5.74) is 6.90. The van der Waals surface area contributed by atoms with E-state index < -0.39 is 11.0 Å². The number of urea groups is 1. The van der Waals surface area contributed by atoms with E-state index >= 15 is 0 Å². The number of carbonyl (C=O) groups is 1. The molecule has 0 radical (unpaired) electrons. The van der Waals surface area contributed by atoms with Gasteiger partial charge in [-0.3, -0.25) is 10.1 Å². The van der Waals surface area contributed by atoms with E-state index in [1.807, 2.05) is 5.43 Å². The molecule has 15 heavy (non-hydrogen) atoms. The third-order valence-electron chi connectivity index (χ3n) is 1.51. The molecule has 7 nitrogen and oxygen atoms in total. The molecule has 1 aromatic carbocycles. The van der Waals surface area contributed by atoms with Crippen molar-refractivity contribution in [2.45, 2.75) is 0 Å². The Bertz CT molecular complexity index is 416. The van der Waals surface area contributed by atoms with Crippen LogP contribution in [-0.4, -0.2) is 17.2 Å². The minimum atomic E-state index is -0.829. The van der Waals surface area contributed by atoms with Crippen molar-refractivity contribution in [2.24, 2.45) is 10.8 Å². The average Bonchev–Trinajstić information content (AvgIpc) is 2.17. The van der Waals surface area contributed by atoms with Crippen LogP contribution in [0.5, 0.6) is 0 Å². The Morgan fingerprint density at radius 3 is 2.80 bits per heavy atom. The SMILES string of the molecule is [15NH2]C(=O)[15NH]/[15N]=[13CH]/c1ccccc1[N+](=O)[O-]. The molecule has 0 atom stereocenters. The molecule has 0 aromatic heterocycles. The lowest BCUT2D eigenvalue weighted by atomic mass is 10.2. The molecule has 1 aromatic rings. The molecule has 0 unspecified atom stereocenters. The minimum Gasteiger partial charge on any atom is -0.350 e. The van der Waals surface area contributed by atoms with Crippen LogP contribution in [0.3, 0.4) is 0 Å². The molecular weight excluding hydrogens is 204 g/mol. The summed E-state index contributed by atoms with van der Waals surface area (Å²) in [4.78, 5) is 20.3. The maximum Gasteiger partial charge on any atom is 0.332 e. The lowest BCUT2D eigenvalue weighted by Crippen LogP contribution is -2.24. The quantitative estimate of drug-likeness (QED) is 0.251. The Balaban J connectivity index is 2.89. The topological polar surface area (TPSA) is 111 Å². The number of amides is 2. The monoisotopic (exact) mass is 212 g/mol. The summed E-state index contributed by atoms with van der Waals surface area (Å²) in [5.74, 6) is 0. The summed E-state index contributed by atoms with van der Waals surface area (Å²) in [6.45, 7) is 0. The first-order valence-corrected chi connectivity index (χ1v) is 3.93. The number of nitro benzene ring substituents is 1. The van der Waals surface area contributed by atoms with Gasteiger partial charge >= 0.3 is 6.03 Å². The number of nitrogens with one attached hydrogen (secondary N) is 1. The van der Waals surface area contributed by atoms with Gasteiger partial charge in [-0.2, -0.15) is 5.10 Å². The van der Waals surface area contributed by atoms with Crippen LogP contribution in [0.4, 0.5) is 10.5 Å². The predicted octanol–water partition coefficient (Wildman–Crippen LogP) is 0.597. The number of hydrazone groups is 1. The van der Waals surface area contributed by atoms with Crippen molar-refractivity contribution in [3.05, 3.63) is 39.9 Å². The van der Waals surface area contributed by atoms with Crippen molar-refractivity contribution in [3.8, 4) is 0 Å². The molecule has 2 amide bonds. The third-order valence-corrected chi connectivity index (χ3v) is 1.51. The summed E-state index contributed by atoms with van der Waals surface area (Å²) < 4.78 is 0. The minimum absolute atomic E-state index is 0.0903. The van der Waals surface area contributed by atoms with Crippen LogP contribution in [0.2, 0.25) is 0 Å². The number of carbonyl (C=O) groups excluding carboxylic acids is 1. The molecule has 0 saturated carbocycles. The van der Waals surface area contributed by atoms with Gasteiger partial charge in [0.25, 0.3) is 5.69 Å². The normalized spacial score (nSPS) is 10.1. The van der Waals surface area contributed by atoms with Crippen molar-refractivity contribution in [3.63, 3.8) is 0 Å². The largest absolute Gasteiger partial charge is 0.350 e. The van der Waals surface area contributed by atoms with Gasteiger partial charge in [0.15, 0.2) is 0 Å². The first kappa shape index (κ1) is 10.6. The highest BCUT2D eigenvalue weighted by atomic mass is 16.6.